The minimum absolute atomic E-state index is 0.412. The quantitative estimate of drug-likeness (QED) is 0.848. The molecule has 0 aliphatic carbocycles. The van der Waals surface area contributed by atoms with Crippen LogP contribution in [0.25, 0.3) is 16.6 Å². The molecule has 96 valence electrons. The second kappa shape index (κ2) is 5.30. The van der Waals surface area contributed by atoms with Gasteiger partial charge in [-0.05, 0) is 0 Å². The highest BCUT2D eigenvalue weighted by atomic mass is 15.3. The van der Waals surface area contributed by atoms with Crippen LogP contribution in [0, 0.1) is 0 Å². The van der Waals surface area contributed by atoms with Crippen molar-refractivity contribution in [3.63, 3.8) is 0 Å². The van der Waals surface area contributed by atoms with Gasteiger partial charge in [0.2, 0.25) is 0 Å². The number of hydrogen-bond donors (Lipinski definition) is 1. The topological polar surface area (TPSA) is 69.6 Å². The number of hydrogen-bond acceptors (Lipinski definition) is 4. The molecule has 0 amide bonds. The Balaban J connectivity index is 2.73. The Labute approximate surface area is 111 Å². The van der Waals surface area contributed by atoms with Gasteiger partial charge in [-0.1, -0.05) is 43.5 Å². The number of nitrogens with two attached hydrogens (primary N) is 1. The lowest BCUT2D eigenvalue weighted by Gasteiger charge is -1.99. The summed E-state index contributed by atoms with van der Waals surface area (Å²) >= 11 is 0. The van der Waals surface area contributed by atoms with Crippen LogP contribution in [0.4, 0.5) is 5.82 Å². The monoisotopic (exact) mass is 253 g/mol. The minimum atomic E-state index is 0.412. The Kier molecular flexibility index (Phi) is 3.56. The molecule has 0 fully saturated rings. The first-order valence-electron chi connectivity index (χ1n) is 5.74. The number of anilines is 1. The molecule has 5 nitrogen and oxygen atoms in total. The highest BCUT2D eigenvalue weighted by Gasteiger charge is 2.15. The van der Waals surface area contributed by atoms with Gasteiger partial charge in [0, 0.05) is 12.6 Å². The van der Waals surface area contributed by atoms with Crippen molar-refractivity contribution < 1.29 is 0 Å². The second-order valence-electron chi connectivity index (χ2n) is 3.88. The van der Waals surface area contributed by atoms with E-state index in [0.29, 0.717) is 11.5 Å². The summed E-state index contributed by atoms with van der Waals surface area (Å²) in [6, 6.07) is 0. The van der Waals surface area contributed by atoms with Gasteiger partial charge in [-0.15, -0.1) is 0 Å². The highest BCUT2D eigenvalue weighted by molar-refractivity contribution is 5.97. The lowest BCUT2D eigenvalue weighted by Crippen LogP contribution is -1.95. The van der Waals surface area contributed by atoms with E-state index < -0.39 is 0 Å². The Morgan fingerprint density at radius 2 is 2.11 bits per heavy atom. The summed E-state index contributed by atoms with van der Waals surface area (Å²) in [7, 11) is 1.82. The SMILES string of the molecule is C=C/C=C\C(=C/C=C)c1nn(C)c2ncnc(N)c12. The van der Waals surface area contributed by atoms with E-state index in [1.807, 2.05) is 25.3 Å². The molecule has 0 saturated carbocycles. The van der Waals surface area contributed by atoms with Crippen LogP contribution in [0.2, 0.25) is 0 Å². The van der Waals surface area contributed by atoms with Crippen LogP contribution < -0.4 is 5.73 Å². The zero-order chi connectivity index (χ0) is 13.8. The minimum Gasteiger partial charge on any atom is -0.383 e. The van der Waals surface area contributed by atoms with Crippen LogP contribution >= 0.6 is 0 Å². The van der Waals surface area contributed by atoms with E-state index in [-0.39, 0.29) is 0 Å². The van der Waals surface area contributed by atoms with Gasteiger partial charge >= 0.3 is 0 Å². The third kappa shape index (κ3) is 2.30. The molecule has 0 radical (unpaired) electrons. The number of nitrogen functional groups attached to an aromatic ring is 1. The molecule has 2 N–H and O–H groups in total. The maximum atomic E-state index is 5.93. The third-order valence-electron chi connectivity index (χ3n) is 2.63. The number of aryl methyl sites for hydroxylation is 1. The van der Waals surface area contributed by atoms with E-state index in [2.05, 4.69) is 28.2 Å². The summed E-state index contributed by atoms with van der Waals surface area (Å²) in [6.07, 6.45) is 10.4. The van der Waals surface area contributed by atoms with E-state index >= 15 is 0 Å². The summed E-state index contributed by atoms with van der Waals surface area (Å²) in [5.41, 5.74) is 8.24. The maximum Gasteiger partial charge on any atom is 0.163 e. The Morgan fingerprint density at radius 1 is 1.32 bits per heavy atom. The van der Waals surface area contributed by atoms with Crippen molar-refractivity contribution >= 4 is 22.4 Å². The van der Waals surface area contributed by atoms with Crippen molar-refractivity contribution in [2.45, 2.75) is 0 Å². The Hall–Kier alpha value is -2.69. The van der Waals surface area contributed by atoms with E-state index in [0.717, 1.165) is 16.7 Å². The molecular formula is C14H15N5. The number of fused-ring (bicyclic) bond motifs is 1. The van der Waals surface area contributed by atoms with Crippen molar-refractivity contribution in [1.29, 1.82) is 0 Å². The van der Waals surface area contributed by atoms with Crippen LogP contribution in [-0.4, -0.2) is 19.7 Å². The standard InChI is InChI=1S/C14H15N5/c1-4-6-8-10(7-5-2)12-11-13(15)16-9-17-14(11)19(3)18-12/h4-9H,1-2H2,3H3,(H2,15,16,17)/b8-6-,10-7+. The van der Waals surface area contributed by atoms with Crippen LogP contribution in [0.3, 0.4) is 0 Å². The maximum absolute atomic E-state index is 5.93. The molecule has 2 aromatic rings. The van der Waals surface area contributed by atoms with Crippen LogP contribution in [0.5, 0.6) is 0 Å². The molecule has 0 aromatic carbocycles. The van der Waals surface area contributed by atoms with E-state index in [1.54, 1.807) is 16.8 Å². The Morgan fingerprint density at radius 3 is 2.79 bits per heavy atom. The number of rotatable bonds is 4. The van der Waals surface area contributed by atoms with Gasteiger partial charge in [0.15, 0.2) is 5.65 Å². The summed E-state index contributed by atoms with van der Waals surface area (Å²) in [6.45, 7) is 7.37. The molecule has 0 spiro atoms. The lowest BCUT2D eigenvalue weighted by atomic mass is 10.1. The summed E-state index contributed by atoms with van der Waals surface area (Å²) in [5.74, 6) is 0.412. The van der Waals surface area contributed by atoms with E-state index in [9.17, 15) is 0 Å². The normalized spacial score (nSPS) is 12.2. The highest BCUT2D eigenvalue weighted by Crippen LogP contribution is 2.27. The zero-order valence-corrected chi connectivity index (χ0v) is 10.7. The molecule has 19 heavy (non-hydrogen) atoms. The summed E-state index contributed by atoms with van der Waals surface area (Å²) in [5, 5.41) is 5.20. The smallest absolute Gasteiger partial charge is 0.163 e. The van der Waals surface area contributed by atoms with Crippen molar-refractivity contribution in [3.8, 4) is 0 Å². The molecule has 0 aliphatic rings. The molecule has 0 unspecified atom stereocenters. The molecule has 5 heteroatoms. The number of aromatic nitrogens is 4. The lowest BCUT2D eigenvalue weighted by molar-refractivity contribution is 0.781. The van der Waals surface area contributed by atoms with Gasteiger partial charge in [-0.25, -0.2) is 14.6 Å². The average Bonchev–Trinajstić information content (AvgIpc) is 2.74. The van der Waals surface area contributed by atoms with Crippen molar-refractivity contribution in [3.05, 3.63) is 55.6 Å². The molecule has 0 saturated heterocycles. The van der Waals surface area contributed by atoms with Crippen LogP contribution in [0.1, 0.15) is 5.69 Å². The van der Waals surface area contributed by atoms with Gasteiger partial charge in [-0.2, -0.15) is 5.10 Å². The average molecular weight is 253 g/mol. The first-order chi connectivity index (χ1) is 9.19. The number of allylic oxidation sites excluding steroid dienone is 6. The molecular weight excluding hydrogens is 238 g/mol. The van der Waals surface area contributed by atoms with Gasteiger partial charge in [0.1, 0.15) is 17.8 Å². The first kappa shape index (κ1) is 12.8. The van der Waals surface area contributed by atoms with Crippen molar-refractivity contribution in [1.82, 2.24) is 19.7 Å². The van der Waals surface area contributed by atoms with Gasteiger partial charge in [0.05, 0.1) is 5.39 Å². The van der Waals surface area contributed by atoms with Gasteiger partial charge in [-0.3, -0.25) is 0 Å². The van der Waals surface area contributed by atoms with E-state index in [1.165, 1.54) is 6.33 Å². The van der Waals surface area contributed by atoms with Crippen LogP contribution in [-0.2, 0) is 7.05 Å². The fourth-order valence-corrected chi connectivity index (χ4v) is 1.82. The first-order valence-corrected chi connectivity index (χ1v) is 5.74. The van der Waals surface area contributed by atoms with E-state index in [4.69, 9.17) is 5.73 Å². The summed E-state index contributed by atoms with van der Waals surface area (Å²) < 4.78 is 1.68. The second-order valence-corrected chi connectivity index (χ2v) is 3.88. The molecule has 2 rings (SSSR count). The molecule has 2 heterocycles. The van der Waals surface area contributed by atoms with Gasteiger partial charge < -0.3 is 5.73 Å². The summed E-state index contributed by atoms with van der Waals surface area (Å²) in [4.78, 5) is 8.22. The number of nitrogens with zero attached hydrogens (tertiary/aromatic N) is 4. The Bertz CT molecular complexity index is 691. The largest absolute Gasteiger partial charge is 0.383 e. The van der Waals surface area contributed by atoms with Gasteiger partial charge in [0.25, 0.3) is 0 Å². The predicted molar refractivity (Wildman–Crippen MR) is 78.2 cm³/mol. The zero-order valence-electron chi connectivity index (χ0n) is 10.7. The predicted octanol–water partition coefficient (Wildman–Crippen LogP) is 2.26. The fraction of sp³-hybridized carbons (Fsp3) is 0.0714. The molecule has 0 bridgehead atoms. The molecule has 0 aliphatic heterocycles. The fourth-order valence-electron chi connectivity index (χ4n) is 1.82. The van der Waals surface area contributed by atoms with Crippen molar-refractivity contribution in [2.24, 2.45) is 7.05 Å². The van der Waals surface area contributed by atoms with Crippen molar-refractivity contribution in [2.75, 3.05) is 5.73 Å². The molecule has 0 atom stereocenters. The molecule has 2 aromatic heterocycles. The third-order valence-corrected chi connectivity index (χ3v) is 2.63. The van der Waals surface area contributed by atoms with Crippen LogP contribution in [0.15, 0.2) is 49.9 Å².